The molecule has 1 saturated heterocycles. The number of hydrogen-bond donors (Lipinski definition) is 2. The van der Waals surface area contributed by atoms with E-state index in [1.807, 2.05) is 0 Å². The van der Waals surface area contributed by atoms with Gasteiger partial charge in [-0.1, -0.05) is 0 Å². The predicted octanol–water partition coefficient (Wildman–Crippen LogP) is 2.41. The van der Waals surface area contributed by atoms with Crippen molar-refractivity contribution >= 4 is 0 Å². The molecule has 0 aromatic heterocycles. The number of aliphatic hydroxyl groups is 1. The molecule has 1 saturated carbocycles. The molecule has 1 aliphatic heterocycles. The fourth-order valence-corrected chi connectivity index (χ4v) is 3.33. The Bertz CT molecular complexity index is 530. The second-order valence-electron chi connectivity index (χ2n) is 6.08. The minimum Gasteiger partial charge on any atom is -0.394 e. The SMILES string of the molecule is OC[C@@H](NC1CCC2(CC1)OCCO2)c1cc(F)c(F)c(F)c1. The first-order valence-corrected chi connectivity index (χ1v) is 7.82. The third-order valence-electron chi connectivity index (χ3n) is 4.59. The molecule has 128 valence electrons. The summed E-state index contributed by atoms with van der Waals surface area (Å²) in [5.41, 5.74) is 0.192. The lowest BCUT2D eigenvalue weighted by atomic mass is 9.89. The second kappa shape index (κ2) is 6.76. The summed E-state index contributed by atoms with van der Waals surface area (Å²) < 4.78 is 51.1. The van der Waals surface area contributed by atoms with Gasteiger partial charge >= 0.3 is 0 Å². The summed E-state index contributed by atoms with van der Waals surface area (Å²) in [6.45, 7) is 0.871. The zero-order chi connectivity index (χ0) is 16.4. The summed E-state index contributed by atoms with van der Waals surface area (Å²) in [5, 5.41) is 12.7. The molecule has 23 heavy (non-hydrogen) atoms. The normalized spacial score (nSPS) is 22.6. The van der Waals surface area contributed by atoms with Gasteiger partial charge in [0.2, 0.25) is 0 Å². The van der Waals surface area contributed by atoms with Crippen LogP contribution >= 0.6 is 0 Å². The Labute approximate surface area is 132 Å². The fraction of sp³-hybridized carbons (Fsp3) is 0.625. The average Bonchev–Trinajstić information content (AvgIpc) is 3.00. The van der Waals surface area contributed by atoms with Crippen molar-refractivity contribution in [1.29, 1.82) is 0 Å². The molecule has 1 heterocycles. The number of halogens is 3. The molecule has 2 fully saturated rings. The molecule has 1 atom stereocenters. The molecule has 0 bridgehead atoms. The first kappa shape index (κ1) is 16.7. The Hall–Kier alpha value is -1.15. The van der Waals surface area contributed by atoms with Gasteiger partial charge in [0, 0.05) is 18.9 Å². The minimum absolute atomic E-state index is 0.0711. The molecule has 3 rings (SSSR count). The van der Waals surface area contributed by atoms with E-state index < -0.39 is 29.3 Å². The third-order valence-corrected chi connectivity index (χ3v) is 4.59. The van der Waals surface area contributed by atoms with Gasteiger partial charge in [-0.15, -0.1) is 0 Å². The standard InChI is InChI=1S/C16H20F3NO3/c17-12-7-10(8-13(18)15(12)19)14(9-21)20-11-1-3-16(4-2-11)22-5-6-23-16/h7-8,11,14,20-21H,1-6,9H2/t14-/m1/s1. The van der Waals surface area contributed by atoms with Gasteiger partial charge in [0.1, 0.15) is 0 Å². The van der Waals surface area contributed by atoms with E-state index in [9.17, 15) is 18.3 Å². The van der Waals surface area contributed by atoms with Gasteiger partial charge in [-0.05, 0) is 30.5 Å². The molecule has 7 heteroatoms. The van der Waals surface area contributed by atoms with Crippen LogP contribution in [0.4, 0.5) is 13.2 Å². The van der Waals surface area contributed by atoms with Crippen molar-refractivity contribution in [2.24, 2.45) is 0 Å². The number of aliphatic hydroxyl groups excluding tert-OH is 1. The van der Waals surface area contributed by atoms with Crippen LogP contribution in [-0.2, 0) is 9.47 Å². The van der Waals surface area contributed by atoms with Crippen LogP contribution in [0.1, 0.15) is 37.3 Å². The van der Waals surface area contributed by atoms with E-state index in [0.29, 0.717) is 13.2 Å². The van der Waals surface area contributed by atoms with Crippen LogP contribution in [-0.4, -0.2) is 36.8 Å². The van der Waals surface area contributed by atoms with Gasteiger partial charge < -0.3 is 19.9 Å². The van der Waals surface area contributed by atoms with E-state index in [-0.39, 0.29) is 18.2 Å². The number of hydrogen-bond acceptors (Lipinski definition) is 4. The van der Waals surface area contributed by atoms with Crippen LogP contribution in [0.5, 0.6) is 0 Å². The first-order valence-electron chi connectivity index (χ1n) is 7.82. The molecule has 1 spiro atoms. The highest BCUT2D eigenvalue weighted by atomic mass is 19.2. The highest BCUT2D eigenvalue weighted by Gasteiger charge is 2.40. The Balaban J connectivity index is 1.64. The predicted molar refractivity (Wildman–Crippen MR) is 76.2 cm³/mol. The van der Waals surface area contributed by atoms with Crippen LogP contribution in [0.15, 0.2) is 12.1 Å². The largest absolute Gasteiger partial charge is 0.394 e. The molecular formula is C16H20F3NO3. The number of rotatable bonds is 4. The second-order valence-corrected chi connectivity index (χ2v) is 6.08. The van der Waals surface area contributed by atoms with E-state index in [1.54, 1.807) is 0 Å². The summed E-state index contributed by atoms with van der Waals surface area (Å²) in [7, 11) is 0. The quantitative estimate of drug-likeness (QED) is 0.832. The van der Waals surface area contributed by atoms with E-state index in [4.69, 9.17) is 9.47 Å². The van der Waals surface area contributed by atoms with Crippen molar-refractivity contribution in [1.82, 2.24) is 5.32 Å². The third kappa shape index (κ3) is 3.52. The molecular weight excluding hydrogens is 311 g/mol. The molecule has 2 aliphatic rings. The number of ether oxygens (including phenoxy) is 2. The van der Waals surface area contributed by atoms with Gasteiger partial charge in [0.25, 0.3) is 0 Å². The van der Waals surface area contributed by atoms with E-state index in [2.05, 4.69) is 5.32 Å². The van der Waals surface area contributed by atoms with Crippen LogP contribution in [0.2, 0.25) is 0 Å². The molecule has 1 aromatic rings. The van der Waals surface area contributed by atoms with Crippen molar-refractivity contribution in [3.63, 3.8) is 0 Å². The van der Waals surface area contributed by atoms with Gasteiger partial charge in [-0.25, -0.2) is 13.2 Å². The highest BCUT2D eigenvalue weighted by molar-refractivity contribution is 5.23. The zero-order valence-corrected chi connectivity index (χ0v) is 12.7. The summed E-state index contributed by atoms with van der Waals surface area (Å²) in [4.78, 5) is 0. The highest BCUT2D eigenvalue weighted by Crippen LogP contribution is 2.36. The Kier molecular flexibility index (Phi) is 4.91. The smallest absolute Gasteiger partial charge is 0.194 e. The summed E-state index contributed by atoms with van der Waals surface area (Å²) in [6, 6.07) is 1.26. The van der Waals surface area contributed by atoms with Crippen LogP contribution in [0, 0.1) is 17.5 Å². The maximum absolute atomic E-state index is 13.4. The molecule has 1 aromatic carbocycles. The van der Waals surface area contributed by atoms with Crippen molar-refractivity contribution in [2.75, 3.05) is 19.8 Å². The summed E-state index contributed by atoms with van der Waals surface area (Å²) in [5.74, 6) is -4.49. The van der Waals surface area contributed by atoms with Crippen molar-refractivity contribution < 1.29 is 27.8 Å². The van der Waals surface area contributed by atoms with Crippen LogP contribution in [0.3, 0.4) is 0 Å². The monoisotopic (exact) mass is 331 g/mol. The maximum atomic E-state index is 13.4. The average molecular weight is 331 g/mol. The van der Waals surface area contributed by atoms with Crippen molar-refractivity contribution in [3.05, 3.63) is 35.1 Å². The lowest BCUT2D eigenvalue weighted by Crippen LogP contribution is -2.43. The van der Waals surface area contributed by atoms with Crippen LogP contribution in [0.25, 0.3) is 0 Å². The lowest BCUT2D eigenvalue weighted by Gasteiger charge is -2.37. The molecule has 2 N–H and O–H groups in total. The lowest BCUT2D eigenvalue weighted by molar-refractivity contribution is -0.179. The Morgan fingerprint density at radius 3 is 2.22 bits per heavy atom. The van der Waals surface area contributed by atoms with E-state index in [0.717, 1.165) is 37.8 Å². The Morgan fingerprint density at radius 1 is 1.13 bits per heavy atom. The van der Waals surface area contributed by atoms with E-state index in [1.165, 1.54) is 0 Å². The number of benzene rings is 1. The molecule has 0 amide bonds. The first-order chi connectivity index (χ1) is 11.0. The fourth-order valence-electron chi connectivity index (χ4n) is 3.33. The van der Waals surface area contributed by atoms with Gasteiger partial charge in [-0.3, -0.25) is 0 Å². The van der Waals surface area contributed by atoms with Gasteiger partial charge in [0.05, 0.1) is 25.9 Å². The number of nitrogens with one attached hydrogen (secondary N) is 1. The van der Waals surface area contributed by atoms with Gasteiger partial charge in [-0.2, -0.15) is 0 Å². The minimum atomic E-state index is -1.50. The topological polar surface area (TPSA) is 50.7 Å². The maximum Gasteiger partial charge on any atom is 0.194 e. The molecule has 0 radical (unpaired) electrons. The summed E-state index contributed by atoms with van der Waals surface area (Å²) >= 11 is 0. The van der Waals surface area contributed by atoms with Crippen molar-refractivity contribution in [2.45, 2.75) is 43.6 Å². The van der Waals surface area contributed by atoms with E-state index >= 15 is 0 Å². The van der Waals surface area contributed by atoms with Gasteiger partial charge in [0.15, 0.2) is 23.2 Å². The zero-order valence-electron chi connectivity index (χ0n) is 12.7. The molecule has 0 unspecified atom stereocenters. The van der Waals surface area contributed by atoms with Crippen LogP contribution < -0.4 is 5.32 Å². The Morgan fingerprint density at radius 2 is 1.70 bits per heavy atom. The molecule has 1 aliphatic carbocycles. The van der Waals surface area contributed by atoms with Crippen molar-refractivity contribution in [3.8, 4) is 0 Å². The summed E-state index contributed by atoms with van der Waals surface area (Å²) in [6.07, 6.45) is 3.00. The molecule has 4 nitrogen and oxygen atoms in total.